The van der Waals surface area contributed by atoms with E-state index in [0.29, 0.717) is 15.9 Å². The third kappa shape index (κ3) is 4.18. The smallest absolute Gasteiger partial charge is 0.266 e. The number of carbonyl (C=O) groups is 1. The van der Waals surface area contributed by atoms with Crippen LogP contribution >= 0.6 is 15.9 Å². The van der Waals surface area contributed by atoms with E-state index in [2.05, 4.69) is 21.2 Å². The van der Waals surface area contributed by atoms with Gasteiger partial charge >= 0.3 is 0 Å². The van der Waals surface area contributed by atoms with Crippen LogP contribution in [0.2, 0.25) is 0 Å². The van der Waals surface area contributed by atoms with Crippen molar-refractivity contribution in [1.82, 2.24) is 0 Å². The van der Waals surface area contributed by atoms with Crippen LogP contribution in [0.15, 0.2) is 52.5 Å². The number of hydrogen-bond acceptors (Lipinski definition) is 3. The second kappa shape index (κ2) is 7.56. The molecule has 0 spiro atoms. The minimum absolute atomic E-state index is 0.145. The molecule has 2 rings (SSSR count). The first-order valence-electron chi connectivity index (χ1n) is 6.56. The average molecular weight is 375 g/mol. The van der Waals surface area contributed by atoms with Gasteiger partial charge in [0.1, 0.15) is 23.2 Å². The van der Waals surface area contributed by atoms with Gasteiger partial charge in [-0.15, -0.1) is 0 Å². The Balaban J connectivity index is 2.30. The molecule has 4 nitrogen and oxygen atoms in total. The number of ether oxygens (including phenoxy) is 1. The largest absolute Gasteiger partial charge is 0.495 e. The number of hydrogen-bond donors (Lipinski definition) is 1. The summed E-state index contributed by atoms with van der Waals surface area (Å²) in [6.07, 6.45) is 1.20. The van der Waals surface area contributed by atoms with E-state index < -0.39 is 11.7 Å². The predicted molar refractivity (Wildman–Crippen MR) is 89.3 cm³/mol. The second-order valence-corrected chi connectivity index (χ2v) is 5.41. The number of amides is 1. The standard InChI is InChI=1S/C17H12BrFN2O2/c1-23-16-5-3-2-4-15(16)21-17(22)12(10-20)8-11-9-13(18)6-7-14(11)19/h2-9H,1H3,(H,21,22)/b12-8+. The molecular weight excluding hydrogens is 363 g/mol. The van der Waals surface area contributed by atoms with Crippen LogP contribution in [-0.2, 0) is 4.79 Å². The number of nitrogens with zero attached hydrogens (tertiary/aromatic N) is 1. The minimum atomic E-state index is -0.642. The van der Waals surface area contributed by atoms with Gasteiger partial charge in [-0.3, -0.25) is 4.79 Å². The molecule has 0 aliphatic heterocycles. The van der Waals surface area contributed by atoms with Gasteiger partial charge in [-0.1, -0.05) is 28.1 Å². The number of methoxy groups -OCH3 is 1. The maximum atomic E-state index is 13.7. The van der Waals surface area contributed by atoms with Gasteiger partial charge in [0.15, 0.2) is 0 Å². The summed E-state index contributed by atoms with van der Waals surface area (Å²) in [5.41, 5.74) is 0.356. The number of rotatable bonds is 4. The molecule has 116 valence electrons. The van der Waals surface area contributed by atoms with Crippen molar-refractivity contribution in [3.63, 3.8) is 0 Å². The highest BCUT2D eigenvalue weighted by Gasteiger charge is 2.13. The second-order valence-electron chi connectivity index (χ2n) is 4.49. The van der Waals surface area contributed by atoms with E-state index in [1.165, 1.54) is 31.4 Å². The van der Waals surface area contributed by atoms with Crippen LogP contribution in [-0.4, -0.2) is 13.0 Å². The van der Waals surface area contributed by atoms with Crippen molar-refractivity contribution >= 4 is 33.6 Å². The molecule has 2 aromatic rings. The van der Waals surface area contributed by atoms with Crippen LogP contribution < -0.4 is 10.1 Å². The average Bonchev–Trinajstić information content (AvgIpc) is 2.56. The van der Waals surface area contributed by atoms with Gasteiger partial charge in [0.2, 0.25) is 0 Å². The Bertz CT molecular complexity index is 812. The van der Waals surface area contributed by atoms with Gasteiger partial charge in [-0.25, -0.2) is 4.39 Å². The van der Waals surface area contributed by atoms with Gasteiger partial charge in [0.05, 0.1) is 12.8 Å². The molecule has 0 aliphatic carbocycles. The van der Waals surface area contributed by atoms with Crippen molar-refractivity contribution < 1.29 is 13.9 Å². The first kappa shape index (κ1) is 16.7. The quantitative estimate of drug-likeness (QED) is 0.645. The fourth-order valence-corrected chi connectivity index (χ4v) is 2.25. The van der Waals surface area contributed by atoms with Crippen molar-refractivity contribution in [3.8, 4) is 11.8 Å². The number of anilines is 1. The highest BCUT2D eigenvalue weighted by Crippen LogP contribution is 2.24. The van der Waals surface area contributed by atoms with E-state index in [1.807, 2.05) is 0 Å². The van der Waals surface area contributed by atoms with E-state index in [9.17, 15) is 14.4 Å². The summed E-state index contributed by atoms with van der Waals surface area (Å²) in [4.78, 5) is 12.2. The molecule has 0 heterocycles. The molecule has 0 unspecified atom stereocenters. The molecule has 0 aromatic heterocycles. The fraction of sp³-hybridized carbons (Fsp3) is 0.0588. The monoisotopic (exact) mass is 374 g/mol. The van der Waals surface area contributed by atoms with Crippen molar-refractivity contribution in [2.75, 3.05) is 12.4 Å². The van der Waals surface area contributed by atoms with Gasteiger partial charge in [-0.2, -0.15) is 5.26 Å². The summed E-state index contributed by atoms with van der Waals surface area (Å²) in [7, 11) is 1.48. The highest BCUT2D eigenvalue weighted by molar-refractivity contribution is 9.10. The lowest BCUT2D eigenvalue weighted by molar-refractivity contribution is -0.112. The van der Waals surface area contributed by atoms with Gasteiger partial charge in [0, 0.05) is 10.0 Å². The Kier molecular flexibility index (Phi) is 5.50. The molecule has 0 atom stereocenters. The lowest BCUT2D eigenvalue weighted by atomic mass is 10.1. The third-order valence-electron chi connectivity index (χ3n) is 2.98. The molecular formula is C17H12BrFN2O2. The molecule has 2 aromatic carbocycles. The van der Waals surface area contributed by atoms with Gasteiger partial charge < -0.3 is 10.1 Å². The third-order valence-corrected chi connectivity index (χ3v) is 3.47. The zero-order valence-electron chi connectivity index (χ0n) is 12.1. The van der Waals surface area contributed by atoms with Crippen LogP contribution in [0, 0.1) is 17.1 Å². The summed E-state index contributed by atoms with van der Waals surface area (Å²) in [5.74, 6) is -0.700. The molecule has 1 amide bonds. The van der Waals surface area contributed by atoms with E-state index in [0.717, 1.165) is 0 Å². The van der Waals surface area contributed by atoms with Crippen LogP contribution in [0.25, 0.3) is 6.08 Å². The number of nitriles is 1. The summed E-state index contributed by atoms with van der Waals surface area (Å²) in [5, 5.41) is 11.8. The first-order chi connectivity index (χ1) is 11.0. The molecule has 0 saturated carbocycles. The molecule has 23 heavy (non-hydrogen) atoms. The van der Waals surface area contributed by atoms with Crippen LogP contribution in [0.5, 0.6) is 5.75 Å². The van der Waals surface area contributed by atoms with Crippen LogP contribution in [0.3, 0.4) is 0 Å². The Morgan fingerprint density at radius 3 is 2.78 bits per heavy atom. The van der Waals surface area contributed by atoms with Crippen molar-refractivity contribution in [1.29, 1.82) is 5.26 Å². The molecule has 0 bridgehead atoms. The van der Waals surface area contributed by atoms with Gasteiger partial charge in [-0.05, 0) is 36.4 Å². The Morgan fingerprint density at radius 2 is 2.09 bits per heavy atom. The SMILES string of the molecule is COc1ccccc1NC(=O)/C(C#N)=C/c1cc(Br)ccc1F. The molecule has 1 N–H and O–H groups in total. The number of nitrogens with one attached hydrogen (secondary N) is 1. The zero-order valence-corrected chi connectivity index (χ0v) is 13.7. The Morgan fingerprint density at radius 1 is 1.35 bits per heavy atom. The summed E-state index contributed by atoms with van der Waals surface area (Å²) >= 11 is 3.22. The lowest BCUT2D eigenvalue weighted by Gasteiger charge is -2.09. The number of para-hydroxylation sites is 2. The minimum Gasteiger partial charge on any atom is -0.495 e. The summed E-state index contributed by atoms with van der Waals surface area (Å²) < 4.78 is 19.5. The first-order valence-corrected chi connectivity index (χ1v) is 7.35. The topological polar surface area (TPSA) is 62.1 Å². The van der Waals surface area contributed by atoms with E-state index in [1.54, 1.807) is 30.3 Å². The fourth-order valence-electron chi connectivity index (χ4n) is 1.87. The lowest BCUT2D eigenvalue weighted by Crippen LogP contribution is -2.14. The number of benzene rings is 2. The Labute approximate surface area is 141 Å². The summed E-state index contributed by atoms with van der Waals surface area (Å²) in [6, 6.07) is 12.9. The Hall–Kier alpha value is -2.65. The van der Waals surface area contributed by atoms with Crippen molar-refractivity contribution in [2.45, 2.75) is 0 Å². The maximum absolute atomic E-state index is 13.7. The molecule has 0 radical (unpaired) electrons. The normalized spacial score (nSPS) is 10.8. The maximum Gasteiger partial charge on any atom is 0.266 e. The van der Waals surface area contributed by atoms with Crippen molar-refractivity contribution in [3.05, 3.63) is 63.9 Å². The van der Waals surface area contributed by atoms with E-state index >= 15 is 0 Å². The number of carbonyl (C=O) groups excluding carboxylic acids is 1. The summed E-state index contributed by atoms with van der Waals surface area (Å²) in [6.45, 7) is 0. The van der Waals surface area contributed by atoms with Crippen molar-refractivity contribution in [2.24, 2.45) is 0 Å². The van der Waals surface area contributed by atoms with Gasteiger partial charge in [0.25, 0.3) is 5.91 Å². The molecule has 0 saturated heterocycles. The molecule has 6 heteroatoms. The molecule has 0 fully saturated rings. The molecule has 0 aliphatic rings. The van der Waals surface area contributed by atoms with Crippen LogP contribution in [0.1, 0.15) is 5.56 Å². The van der Waals surface area contributed by atoms with E-state index in [-0.39, 0.29) is 11.1 Å². The number of halogens is 2. The van der Waals surface area contributed by atoms with E-state index in [4.69, 9.17) is 4.74 Å². The van der Waals surface area contributed by atoms with Crippen LogP contribution in [0.4, 0.5) is 10.1 Å². The predicted octanol–water partition coefficient (Wildman–Crippen LogP) is 4.14. The zero-order chi connectivity index (χ0) is 16.8. The highest BCUT2D eigenvalue weighted by atomic mass is 79.9.